The second-order valence-electron chi connectivity index (χ2n) is 6.97. The molecule has 0 unspecified atom stereocenters. The van der Waals surface area contributed by atoms with E-state index in [1.54, 1.807) is 0 Å². The molecule has 0 aliphatic carbocycles. The number of rotatable bonds is 3. The fourth-order valence-corrected chi connectivity index (χ4v) is 5.73. The average Bonchev–Trinajstić information content (AvgIpc) is 3.04. The molecule has 3 nitrogen and oxygen atoms in total. The Morgan fingerprint density at radius 2 is 1.93 bits per heavy atom. The van der Waals surface area contributed by atoms with Gasteiger partial charge >= 0.3 is 0 Å². The van der Waals surface area contributed by atoms with E-state index in [4.69, 9.17) is 16.6 Å². The minimum Gasteiger partial charge on any atom is -0.293 e. The summed E-state index contributed by atoms with van der Waals surface area (Å²) in [6, 6.07) is 16.3. The smallest absolute Gasteiger partial charge is 0.159 e. The molecule has 4 aromatic rings. The molecule has 1 aliphatic rings. The molecule has 28 heavy (non-hydrogen) atoms. The summed E-state index contributed by atoms with van der Waals surface area (Å²) >= 11 is 11.7. The first-order valence-electron chi connectivity index (χ1n) is 9.16. The quantitative estimate of drug-likeness (QED) is 0.350. The van der Waals surface area contributed by atoms with E-state index in [-0.39, 0.29) is 0 Å². The summed E-state index contributed by atoms with van der Waals surface area (Å²) in [4.78, 5) is 13.3. The fourth-order valence-electron chi connectivity index (χ4n) is 3.62. The van der Waals surface area contributed by atoms with Crippen molar-refractivity contribution in [1.29, 1.82) is 0 Å². The van der Waals surface area contributed by atoms with Crippen molar-refractivity contribution in [2.75, 3.05) is 6.54 Å². The highest BCUT2D eigenvalue weighted by Gasteiger charge is 2.21. The molecule has 0 fully saturated rings. The predicted molar refractivity (Wildman–Crippen MR) is 120 cm³/mol. The standard InChI is InChI=1S/C22H17BrClN3S/c23-21-17-3-1-2-4-19(17)28-20(21)13-27-10-9-18-15(12-27)11-25-22(26-18)14-5-7-16(24)8-6-14/h1-8,11H,9-10,12-13H2. The highest BCUT2D eigenvalue weighted by Crippen LogP contribution is 2.36. The number of benzene rings is 2. The van der Waals surface area contributed by atoms with Crippen molar-refractivity contribution in [1.82, 2.24) is 14.9 Å². The maximum Gasteiger partial charge on any atom is 0.159 e. The van der Waals surface area contributed by atoms with Gasteiger partial charge in [-0.05, 0) is 46.3 Å². The lowest BCUT2D eigenvalue weighted by molar-refractivity contribution is 0.245. The third-order valence-corrected chi connectivity index (χ3v) is 7.66. The highest BCUT2D eigenvalue weighted by atomic mass is 79.9. The second kappa shape index (κ2) is 7.56. The Bertz CT molecular complexity index is 1160. The van der Waals surface area contributed by atoms with Crippen LogP contribution >= 0.6 is 38.9 Å². The SMILES string of the molecule is Clc1ccc(-c2ncc3c(n2)CCN(Cc2sc4ccccc4c2Br)C3)cc1. The van der Waals surface area contributed by atoms with Crippen LogP contribution in [-0.4, -0.2) is 21.4 Å². The van der Waals surface area contributed by atoms with Gasteiger partial charge in [0.05, 0.1) is 5.69 Å². The minimum absolute atomic E-state index is 0.727. The average molecular weight is 471 g/mol. The van der Waals surface area contributed by atoms with Gasteiger partial charge in [0.1, 0.15) is 0 Å². The monoisotopic (exact) mass is 469 g/mol. The number of fused-ring (bicyclic) bond motifs is 2. The molecule has 0 radical (unpaired) electrons. The molecule has 0 spiro atoms. The molecule has 140 valence electrons. The van der Waals surface area contributed by atoms with Crippen LogP contribution < -0.4 is 0 Å². The Labute approximate surface area is 181 Å². The Morgan fingerprint density at radius 3 is 2.75 bits per heavy atom. The third kappa shape index (κ3) is 3.48. The number of nitrogens with zero attached hydrogens (tertiary/aromatic N) is 3. The topological polar surface area (TPSA) is 29.0 Å². The maximum absolute atomic E-state index is 5.99. The maximum atomic E-state index is 5.99. The van der Waals surface area contributed by atoms with Gasteiger partial charge in [0.25, 0.3) is 0 Å². The number of thiophene rings is 1. The van der Waals surface area contributed by atoms with Crippen LogP contribution in [0.1, 0.15) is 16.1 Å². The van der Waals surface area contributed by atoms with Gasteiger partial charge in [-0.3, -0.25) is 4.90 Å². The van der Waals surface area contributed by atoms with E-state index >= 15 is 0 Å². The van der Waals surface area contributed by atoms with E-state index in [1.807, 2.05) is 41.8 Å². The van der Waals surface area contributed by atoms with Crippen LogP contribution in [0.5, 0.6) is 0 Å². The van der Waals surface area contributed by atoms with Crippen LogP contribution in [-0.2, 0) is 19.5 Å². The van der Waals surface area contributed by atoms with Gasteiger partial charge in [0.15, 0.2) is 5.82 Å². The zero-order valence-electron chi connectivity index (χ0n) is 15.0. The van der Waals surface area contributed by atoms with Crippen molar-refractivity contribution in [2.24, 2.45) is 0 Å². The van der Waals surface area contributed by atoms with Gasteiger partial charge < -0.3 is 0 Å². The first-order chi connectivity index (χ1) is 13.7. The van der Waals surface area contributed by atoms with E-state index < -0.39 is 0 Å². The lowest BCUT2D eigenvalue weighted by Crippen LogP contribution is -2.30. The summed E-state index contributed by atoms with van der Waals surface area (Å²) in [5.41, 5.74) is 3.39. The molecule has 2 aromatic heterocycles. The largest absolute Gasteiger partial charge is 0.293 e. The third-order valence-electron chi connectivity index (χ3n) is 5.08. The fraction of sp³-hybridized carbons (Fsp3) is 0.182. The van der Waals surface area contributed by atoms with E-state index in [0.717, 1.165) is 48.2 Å². The van der Waals surface area contributed by atoms with Crippen LogP contribution in [0.3, 0.4) is 0 Å². The van der Waals surface area contributed by atoms with Crippen molar-refractivity contribution in [2.45, 2.75) is 19.5 Å². The molecule has 0 atom stereocenters. The zero-order chi connectivity index (χ0) is 19.1. The van der Waals surface area contributed by atoms with Gasteiger partial charge in [-0.15, -0.1) is 11.3 Å². The van der Waals surface area contributed by atoms with Crippen molar-refractivity contribution in [3.63, 3.8) is 0 Å². The summed E-state index contributed by atoms with van der Waals surface area (Å²) in [5, 5.41) is 2.03. The Kier molecular flexibility index (Phi) is 4.93. The van der Waals surface area contributed by atoms with Gasteiger partial charge in [-0.1, -0.05) is 29.8 Å². The van der Waals surface area contributed by atoms with E-state index in [0.29, 0.717) is 0 Å². The van der Waals surface area contributed by atoms with E-state index in [1.165, 1.54) is 25.0 Å². The summed E-state index contributed by atoms with van der Waals surface area (Å²) in [6.07, 6.45) is 2.93. The molecule has 6 heteroatoms. The van der Waals surface area contributed by atoms with Gasteiger partial charge in [-0.2, -0.15) is 0 Å². The van der Waals surface area contributed by atoms with Crippen molar-refractivity contribution in [3.05, 3.63) is 80.4 Å². The molecule has 2 aromatic carbocycles. The van der Waals surface area contributed by atoms with Gasteiger partial charge in [0, 0.05) is 67.8 Å². The summed E-state index contributed by atoms with van der Waals surface area (Å²) in [5.74, 6) is 0.774. The van der Waals surface area contributed by atoms with Crippen LogP contribution in [0, 0.1) is 0 Å². The van der Waals surface area contributed by atoms with Crippen molar-refractivity contribution < 1.29 is 0 Å². The number of aromatic nitrogens is 2. The predicted octanol–water partition coefficient (Wildman–Crippen LogP) is 6.33. The van der Waals surface area contributed by atoms with Gasteiger partial charge in [0.2, 0.25) is 0 Å². The molecular weight excluding hydrogens is 454 g/mol. The van der Waals surface area contributed by atoms with Crippen molar-refractivity contribution in [3.8, 4) is 11.4 Å². The number of halogens is 2. The first-order valence-corrected chi connectivity index (χ1v) is 11.1. The molecule has 3 heterocycles. The van der Waals surface area contributed by atoms with Gasteiger partial charge in [-0.25, -0.2) is 9.97 Å². The molecule has 0 N–H and O–H groups in total. The molecular formula is C22H17BrClN3S. The normalized spacial score (nSPS) is 14.4. The van der Waals surface area contributed by atoms with Crippen LogP contribution in [0.15, 0.2) is 59.2 Å². The zero-order valence-corrected chi connectivity index (χ0v) is 18.2. The Hall–Kier alpha value is -1.79. The molecule has 0 saturated carbocycles. The number of hydrogen-bond donors (Lipinski definition) is 0. The van der Waals surface area contributed by atoms with Crippen LogP contribution in [0.25, 0.3) is 21.5 Å². The molecule has 1 aliphatic heterocycles. The number of hydrogen-bond acceptors (Lipinski definition) is 4. The molecule has 5 rings (SSSR count). The summed E-state index contributed by atoms with van der Waals surface area (Å²) in [6.45, 7) is 2.83. The lowest BCUT2D eigenvalue weighted by atomic mass is 10.1. The summed E-state index contributed by atoms with van der Waals surface area (Å²) < 4.78 is 2.56. The molecule has 0 bridgehead atoms. The first kappa shape index (κ1) is 18.3. The highest BCUT2D eigenvalue weighted by molar-refractivity contribution is 9.10. The van der Waals surface area contributed by atoms with Crippen molar-refractivity contribution >= 4 is 49.0 Å². The van der Waals surface area contributed by atoms with Crippen LogP contribution in [0.4, 0.5) is 0 Å². The summed E-state index contributed by atoms with van der Waals surface area (Å²) in [7, 11) is 0. The van der Waals surface area contributed by atoms with E-state index in [9.17, 15) is 0 Å². The lowest BCUT2D eigenvalue weighted by Gasteiger charge is -2.27. The van der Waals surface area contributed by atoms with Crippen LogP contribution in [0.2, 0.25) is 5.02 Å². The molecule has 0 amide bonds. The Balaban J connectivity index is 1.36. The Morgan fingerprint density at radius 1 is 1.11 bits per heavy atom. The molecule has 0 saturated heterocycles. The second-order valence-corrected chi connectivity index (χ2v) is 9.33. The minimum atomic E-state index is 0.727. The van der Waals surface area contributed by atoms with E-state index in [2.05, 4.69) is 50.1 Å².